The summed E-state index contributed by atoms with van der Waals surface area (Å²) in [6, 6.07) is 4.38. The van der Waals surface area contributed by atoms with Gasteiger partial charge in [0.05, 0.1) is 15.5 Å². The Labute approximate surface area is 192 Å². The first-order valence-corrected chi connectivity index (χ1v) is 13.1. The lowest BCUT2D eigenvalue weighted by atomic mass is 9.71. The van der Waals surface area contributed by atoms with Gasteiger partial charge >= 0.3 is 5.97 Å². The van der Waals surface area contributed by atoms with E-state index in [-0.39, 0.29) is 34.2 Å². The molecule has 166 valence electrons. The van der Waals surface area contributed by atoms with Crippen molar-refractivity contribution < 1.29 is 27.9 Å². The zero-order valence-electron chi connectivity index (χ0n) is 17.0. The van der Waals surface area contributed by atoms with Crippen LogP contribution in [0.15, 0.2) is 58.1 Å². The Balaban J connectivity index is 1.78. The normalized spacial score (nSPS) is 20.1. The summed E-state index contributed by atoms with van der Waals surface area (Å²) in [6.45, 7) is 5.28. The van der Waals surface area contributed by atoms with Gasteiger partial charge in [0.15, 0.2) is 21.0 Å². The number of Topliss-reactive ketones (excluding diaryl/α,β-unsaturated/α-hetero) is 1. The number of aliphatic carboxylic acids is 1. The van der Waals surface area contributed by atoms with Gasteiger partial charge in [0, 0.05) is 46.2 Å². The number of aromatic nitrogens is 1. The zero-order chi connectivity index (χ0) is 23.3. The number of carboxylic acids is 1. The van der Waals surface area contributed by atoms with E-state index in [0.29, 0.717) is 10.4 Å². The molecule has 2 unspecified atom stereocenters. The van der Waals surface area contributed by atoms with Crippen LogP contribution < -0.4 is 0 Å². The molecule has 0 saturated heterocycles. The number of nitrogens with zero attached hydrogens (tertiary/aromatic N) is 1. The molecule has 0 aromatic carbocycles. The minimum Gasteiger partial charge on any atom is -0.480 e. The summed E-state index contributed by atoms with van der Waals surface area (Å²) in [4.78, 5) is 39.1. The van der Waals surface area contributed by atoms with Crippen LogP contribution in [0.25, 0.3) is 0 Å². The molecule has 4 heterocycles. The van der Waals surface area contributed by atoms with E-state index in [2.05, 4.69) is 6.58 Å². The van der Waals surface area contributed by atoms with Gasteiger partial charge in [-0.05, 0) is 23.6 Å². The van der Waals surface area contributed by atoms with Crippen LogP contribution in [0.1, 0.15) is 38.2 Å². The Hall–Kier alpha value is -2.82. The van der Waals surface area contributed by atoms with Crippen molar-refractivity contribution in [2.24, 2.45) is 5.92 Å². The van der Waals surface area contributed by atoms with Crippen molar-refractivity contribution in [3.63, 3.8) is 0 Å². The average Bonchev–Trinajstić information content (AvgIpc) is 3.50. The van der Waals surface area contributed by atoms with Gasteiger partial charge < -0.3 is 9.67 Å². The van der Waals surface area contributed by atoms with Crippen LogP contribution in [0.3, 0.4) is 0 Å². The van der Waals surface area contributed by atoms with Crippen molar-refractivity contribution in [3.8, 4) is 0 Å². The van der Waals surface area contributed by atoms with Crippen molar-refractivity contribution >= 4 is 50.0 Å². The molecule has 1 aliphatic rings. The summed E-state index contributed by atoms with van der Waals surface area (Å²) in [7, 11) is -3.69. The first kappa shape index (κ1) is 22.4. The number of fused-ring (bicyclic) bond motifs is 1. The first-order valence-electron chi connectivity index (χ1n) is 9.60. The zero-order valence-corrected chi connectivity index (χ0v) is 19.4. The number of ketones is 2. The molecule has 32 heavy (non-hydrogen) atoms. The Bertz CT molecular complexity index is 1350. The lowest BCUT2D eigenvalue weighted by molar-refractivity contribution is -0.143. The topological polar surface area (TPSA) is 111 Å². The quantitative estimate of drug-likeness (QED) is 0.294. The molecule has 1 N–H and O–H groups in total. The number of carbonyl (C=O) groups excluding carboxylic acids is 2. The van der Waals surface area contributed by atoms with E-state index >= 15 is 0 Å². The van der Waals surface area contributed by atoms with Crippen LogP contribution in [0.5, 0.6) is 0 Å². The summed E-state index contributed by atoms with van der Waals surface area (Å²) in [5, 5.41) is 15.2. The Kier molecular flexibility index (Phi) is 5.56. The number of carbonyl (C=O) groups is 3. The van der Waals surface area contributed by atoms with Crippen molar-refractivity contribution in [2.75, 3.05) is 5.75 Å². The monoisotopic (exact) mass is 489 g/mol. The molecular formula is C22H19NO6S3. The maximum atomic E-state index is 13.6. The molecule has 0 aliphatic carbocycles. The molecule has 3 aromatic rings. The number of rotatable bonds is 8. The predicted molar refractivity (Wildman–Crippen MR) is 122 cm³/mol. The second kappa shape index (κ2) is 7.95. The van der Waals surface area contributed by atoms with Crippen molar-refractivity contribution in [1.29, 1.82) is 0 Å². The lowest BCUT2D eigenvalue weighted by Gasteiger charge is -2.26. The molecule has 0 fully saturated rings. The molecule has 4 rings (SSSR count). The number of sulfone groups is 1. The van der Waals surface area contributed by atoms with Gasteiger partial charge in [-0.15, -0.1) is 17.9 Å². The van der Waals surface area contributed by atoms with Crippen LogP contribution in [-0.2, 0) is 26.6 Å². The number of hydrogen-bond donors (Lipinski definition) is 1. The third-order valence-electron chi connectivity index (χ3n) is 5.75. The highest BCUT2D eigenvalue weighted by atomic mass is 32.2. The van der Waals surface area contributed by atoms with Crippen LogP contribution in [0.2, 0.25) is 0 Å². The summed E-state index contributed by atoms with van der Waals surface area (Å²) < 4.78 is 26.5. The highest BCUT2D eigenvalue weighted by Crippen LogP contribution is 2.44. The van der Waals surface area contributed by atoms with Crippen LogP contribution in [0, 0.1) is 5.92 Å². The minimum atomic E-state index is -3.69. The molecule has 0 spiro atoms. The fourth-order valence-electron chi connectivity index (χ4n) is 4.17. The lowest BCUT2D eigenvalue weighted by Crippen LogP contribution is -2.46. The molecule has 10 heteroatoms. The van der Waals surface area contributed by atoms with Crippen LogP contribution in [-0.4, -0.2) is 41.4 Å². The summed E-state index contributed by atoms with van der Waals surface area (Å²) in [6.07, 6.45) is 2.63. The van der Waals surface area contributed by atoms with E-state index in [4.69, 9.17) is 0 Å². The van der Waals surface area contributed by atoms with Gasteiger partial charge in [-0.1, -0.05) is 13.0 Å². The van der Waals surface area contributed by atoms with E-state index in [9.17, 15) is 27.9 Å². The van der Waals surface area contributed by atoms with Gasteiger partial charge in [0.2, 0.25) is 5.78 Å². The van der Waals surface area contributed by atoms with E-state index < -0.39 is 32.9 Å². The smallest absolute Gasteiger partial charge is 0.324 e. The van der Waals surface area contributed by atoms with Gasteiger partial charge in [0.1, 0.15) is 0 Å². The van der Waals surface area contributed by atoms with Crippen molar-refractivity contribution in [2.45, 2.75) is 23.8 Å². The molecule has 3 aromatic heterocycles. The van der Waals surface area contributed by atoms with Crippen LogP contribution >= 0.6 is 22.7 Å². The standard InChI is InChI=1S/C22H19NO6S3/c1-3-6-32(28,29)16-8-18-22(21(26)27,13(2)9-23(18)10-16)20(25)15-7-17(31-12-15)19(24)14-4-5-30-11-14/h3-5,7-8,10-13H,1,6,9H2,2H3,(H,26,27). The summed E-state index contributed by atoms with van der Waals surface area (Å²) >= 11 is 2.46. The van der Waals surface area contributed by atoms with Crippen molar-refractivity contribution in [3.05, 3.63) is 74.9 Å². The molecule has 0 amide bonds. The summed E-state index contributed by atoms with van der Waals surface area (Å²) in [5.41, 5.74) is -1.20. The Morgan fingerprint density at radius 1 is 1.28 bits per heavy atom. The van der Waals surface area contributed by atoms with Gasteiger partial charge in [-0.3, -0.25) is 14.4 Å². The Morgan fingerprint density at radius 3 is 2.66 bits per heavy atom. The molecule has 7 nitrogen and oxygen atoms in total. The van der Waals surface area contributed by atoms with Crippen LogP contribution in [0.4, 0.5) is 0 Å². The van der Waals surface area contributed by atoms with E-state index in [1.165, 1.54) is 45.7 Å². The first-order chi connectivity index (χ1) is 15.1. The maximum absolute atomic E-state index is 13.6. The molecular weight excluding hydrogens is 470 g/mol. The second-order valence-electron chi connectivity index (χ2n) is 7.67. The summed E-state index contributed by atoms with van der Waals surface area (Å²) in [5.74, 6) is -3.16. The highest BCUT2D eigenvalue weighted by molar-refractivity contribution is 7.91. The third-order valence-corrected chi connectivity index (χ3v) is 8.97. The fraction of sp³-hybridized carbons (Fsp3) is 0.227. The van der Waals surface area contributed by atoms with E-state index in [0.717, 1.165) is 11.3 Å². The van der Waals surface area contributed by atoms with Gasteiger partial charge in [-0.25, -0.2) is 8.42 Å². The maximum Gasteiger partial charge on any atom is 0.324 e. The van der Waals surface area contributed by atoms with E-state index in [1.807, 2.05) is 0 Å². The van der Waals surface area contributed by atoms with E-state index in [1.54, 1.807) is 23.8 Å². The highest BCUT2D eigenvalue weighted by Gasteiger charge is 2.58. The molecule has 0 bridgehead atoms. The number of carboxylic acid groups (broad SMARTS) is 1. The Morgan fingerprint density at radius 2 is 2.03 bits per heavy atom. The third kappa shape index (κ3) is 3.30. The number of hydrogen-bond acceptors (Lipinski definition) is 7. The molecule has 1 aliphatic heterocycles. The predicted octanol–water partition coefficient (Wildman–Crippen LogP) is 3.66. The van der Waals surface area contributed by atoms with Gasteiger partial charge in [-0.2, -0.15) is 11.3 Å². The van der Waals surface area contributed by atoms with Gasteiger partial charge in [0.25, 0.3) is 0 Å². The average molecular weight is 490 g/mol. The number of thiophene rings is 2. The largest absolute Gasteiger partial charge is 0.480 e. The van der Waals surface area contributed by atoms with Crippen molar-refractivity contribution in [1.82, 2.24) is 4.57 Å². The molecule has 0 radical (unpaired) electrons. The SMILES string of the molecule is C=CCS(=O)(=O)c1cc2n(c1)CC(C)C2(C(=O)O)C(=O)c1csc(C(=O)c2ccsc2)c1. The minimum absolute atomic E-state index is 0.0450. The fourth-order valence-corrected chi connectivity index (χ4v) is 6.74. The second-order valence-corrected chi connectivity index (χ2v) is 11.4. The molecule has 2 atom stereocenters. The molecule has 0 saturated carbocycles.